The summed E-state index contributed by atoms with van der Waals surface area (Å²) in [4.78, 5) is 22.7. The van der Waals surface area contributed by atoms with Crippen molar-refractivity contribution < 1.29 is 19.1 Å². The first-order chi connectivity index (χ1) is 7.80. The fourth-order valence-electron chi connectivity index (χ4n) is 1.13. The lowest BCUT2D eigenvalue weighted by Gasteiger charge is -2.21. The molecule has 0 rings (SSSR count). The van der Waals surface area contributed by atoms with Gasteiger partial charge in [0.15, 0.2) is 0 Å². The molecule has 6 nitrogen and oxygen atoms in total. The molecule has 0 aliphatic rings. The Hall–Kier alpha value is -1.30. The van der Waals surface area contributed by atoms with Crippen LogP contribution in [0.1, 0.15) is 40.5 Å². The molecular formula is C11H22N2O4. The van der Waals surface area contributed by atoms with Crippen molar-refractivity contribution in [1.82, 2.24) is 10.9 Å². The molecule has 2 N–H and O–H groups in total. The predicted molar refractivity (Wildman–Crippen MR) is 63.2 cm³/mol. The van der Waals surface area contributed by atoms with Crippen LogP contribution in [0.4, 0.5) is 4.79 Å². The van der Waals surface area contributed by atoms with Crippen LogP contribution in [0.3, 0.4) is 0 Å². The SMILES string of the molecule is CCC[C@@H](NNC(=O)OC(C)(C)C)C(=O)OC. The zero-order chi connectivity index (χ0) is 13.5. The van der Waals surface area contributed by atoms with Crippen LogP contribution in [0.5, 0.6) is 0 Å². The Morgan fingerprint density at radius 3 is 2.29 bits per heavy atom. The largest absolute Gasteiger partial charge is 0.468 e. The summed E-state index contributed by atoms with van der Waals surface area (Å²) in [7, 11) is 1.31. The van der Waals surface area contributed by atoms with Crippen LogP contribution >= 0.6 is 0 Å². The van der Waals surface area contributed by atoms with E-state index in [2.05, 4.69) is 15.6 Å². The van der Waals surface area contributed by atoms with Gasteiger partial charge in [0.05, 0.1) is 7.11 Å². The van der Waals surface area contributed by atoms with Crippen LogP contribution in [-0.4, -0.2) is 30.8 Å². The summed E-state index contributed by atoms with van der Waals surface area (Å²) in [5, 5.41) is 0. The Bertz CT molecular complexity index is 261. The second-order valence-corrected chi connectivity index (χ2v) is 4.64. The maximum Gasteiger partial charge on any atom is 0.422 e. The zero-order valence-corrected chi connectivity index (χ0v) is 11.1. The Morgan fingerprint density at radius 1 is 1.29 bits per heavy atom. The predicted octanol–water partition coefficient (Wildman–Crippen LogP) is 1.36. The van der Waals surface area contributed by atoms with E-state index >= 15 is 0 Å². The van der Waals surface area contributed by atoms with Crippen LogP contribution in [-0.2, 0) is 14.3 Å². The zero-order valence-electron chi connectivity index (χ0n) is 11.1. The Kier molecular flexibility index (Phi) is 6.57. The van der Waals surface area contributed by atoms with Gasteiger partial charge in [0, 0.05) is 0 Å². The Morgan fingerprint density at radius 2 is 1.88 bits per heavy atom. The average Bonchev–Trinajstić information content (AvgIpc) is 2.20. The Labute approximate surface area is 102 Å². The topological polar surface area (TPSA) is 76.7 Å². The normalized spacial score (nSPS) is 12.8. The van der Waals surface area contributed by atoms with Gasteiger partial charge in [0.1, 0.15) is 11.6 Å². The van der Waals surface area contributed by atoms with E-state index in [-0.39, 0.29) is 0 Å². The van der Waals surface area contributed by atoms with E-state index in [9.17, 15) is 9.59 Å². The first kappa shape index (κ1) is 15.7. The molecular weight excluding hydrogens is 224 g/mol. The minimum atomic E-state index is -0.623. The molecule has 0 aliphatic carbocycles. The van der Waals surface area contributed by atoms with E-state index in [0.29, 0.717) is 6.42 Å². The quantitative estimate of drug-likeness (QED) is 0.565. The molecule has 0 aliphatic heterocycles. The molecule has 0 aromatic rings. The van der Waals surface area contributed by atoms with Gasteiger partial charge in [-0.15, -0.1) is 0 Å². The summed E-state index contributed by atoms with van der Waals surface area (Å²) in [5.74, 6) is -0.414. The second-order valence-electron chi connectivity index (χ2n) is 4.64. The van der Waals surface area contributed by atoms with Crippen molar-refractivity contribution in [1.29, 1.82) is 0 Å². The number of nitrogens with one attached hydrogen (secondary N) is 2. The molecule has 0 bridgehead atoms. The molecule has 100 valence electrons. The number of ether oxygens (including phenoxy) is 2. The number of hydrazine groups is 1. The van der Waals surface area contributed by atoms with Crippen LogP contribution < -0.4 is 10.9 Å². The highest BCUT2D eigenvalue weighted by molar-refractivity contribution is 5.76. The Balaban J connectivity index is 4.13. The number of amides is 1. The van der Waals surface area contributed by atoms with Crippen molar-refractivity contribution in [2.45, 2.75) is 52.2 Å². The smallest absolute Gasteiger partial charge is 0.422 e. The van der Waals surface area contributed by atoms with Gasteiger partial charge in [-0.05, 0) is 27.2 Å². The van der Waals surface area contributed by atoms with Crippen molar-refractivity contribution in [3.05, 3.63) is 0 Å². The van der Waals surface area contributed by atoms with E-state index in [1.165, 1.54) is 7.11 Å². The van der Waals surface area contributed by atoms with Gasteiger partial charge in [0.2, 0.25) is 0 Å². The summed E-state index contributed by atoms with van der Waals surface area (Å²) in [6.07, 6.45) is 0.744. The highest BCUT2D eigenvalue weighted by atomic mass is 16.6. The van der Waals surface area contributed by atoms with Crippen LogP contribution in [0.25, 0.3) is 0 Å². The minimum absolute atomic E-state index is 0.414. The van der Waals surface area contributed by atoms with Crippen LogP contribution in [0.2, 0.25) is 0 Å². The average molecular weight is 246 g/mol. The van der Waals surface area contributed by atoms with Crippen molar-refractivity contribution >= 4 is 12.1 Å². The molecule has 6 heteroatoms. The van der Waals surface area contributed by atoms with Gasteiger partial charge < -0.3 is 9.47 Å². The lowest BCUT2D eigenvalue weighted by Crippen LogP contribution is -2.49. The van der Waals surface area contributed by atoms with E-state index in [1.54, 1.807) is 20.8 Å². The van der Waals surface area contributed by atoms with Gasteiger partial charge >= 0.3 is 12.1 Å². The highest BCUT2D eigenvalue weighted by Crippen LogP contribution is 2.06. The van der Waals surface area contributed by atoms with Gasteiger partial charge in [-0.3, -0.25) is 10.2 Å². The van der Waals surface area contributed by atoms with Gasteiger partial charge in [-0.1, -0.05) is 13.3 Å². The van der Waals surface area contributed by atoms with Crippen molar-refractivity contribution in [2.75, 3.05) is 7.11 Å². The van der Waals surface area contributed by atoms with Gasteiger partial charge in [-0.25, -0.2) is 10.2 Å². The molecule has 0 aromatic carbocycles. The summed E-state index contributed by atoms with van der Waals surface area (Å²) in [6, 6.07) is -0.558. The molecule has 0 saturated heterocycles. The number of methoxy groups -OCH3 is 1. The minimum Gasteiger partial charge on any atom is -0.468 e. The summed E-state index contributed by atoms with van der Waals surface area (Å²) in [5.41, 5.74) is 4.35. The summed E-state index contributed by atoms with van der Waals surface area (Å²) >= 11 is 0. The number of carbonyl (C=O) groups is 2. The molecule has 0 spiro atoms. The molecule has 1 amide bonds. The van der Waals surface area contributed by atoms with Crippen molar-refractivity contribution in [3.63, 3.8) is 0 Å². The number of carbonyl (C=O) groups excluding carboxylic acids is 2. The molecule has 1 atom stereocenters. The lowest BCUT2D eigenvalue weighted by molar-refractivity contribution is -0.143. The first-order valence-electron chi connectivity index (χ1n) is 5.62. The third kappa shape index (κ3) is 7.57. The molecule has 0 fully saturated rings. The maximum absolute atomic E-state index is 11.3. The van der Waals surface area contributed by atoms with Crippen LogP contribution in [0.15, 0.2) is 0 Å². The van der Waals surface area contributed by atoms with E-state index in [4.69, 9.17) is 4.74 Å². The molecule has 0 radical (unpaired) electrons. The number of hydrogen-bond acceptors (Lipinski definition) is 5. The fourth-order valence-corrected chi connectivity index (χ4v) is 1.13. The van der Waals surface area contributed by atoms with E-state index in [1.807, 2.05) is 6.92 Å². The van der Waals surface area contributed by atoms with E-state index < -0.39 is 23.7 Å². The molecule has 0 saturated carbocycles. The number of hydrogen-bond donors (Lipinski definition) is 2. The fraction of sp³-hybridized carbons (Fsp3) is 0.818. The van der Waals surface area contributed by atoms with Gasteiger partial charge in [0.25, 0.3) is 0 Å². The molecule has 0 unspecified atom stereocenters. The summed E-state index contributed by atoms with van der Waals surface area (Å²) < 4.78 is 9.62. The highest BCUT2D eigenvalue weighted by Gasteiger charge is 2.20. The summed E-state index contributed by atoms with van der Waals surface area (Å²) in [6.45, 7) is 7.22. The van der Waals surface area contributed by atoms with Gasteiger partial charge in [-0.2, -0.15) is 0 Å². The lowest BCUT2D eigenvalue weighted by atomic mass is 10.2. The molecule has 0 heterocycles. The second kappa shape index (κ2) is 7.11. The molecule has 17 heavy (non-hydrogen) atoms. The third-order valence-electron chi connectivity index (χ3n) is 1.81. The first-order valence-corrected chi connectivity index (χ1v) is 5.62. The van der Waals surface area contributed by atoms with Crippen LogP contribution in [0, 0.1) is 0 Å². The maximum atomic E-state index is 11.3. The third-order valence-corrected chi connectivity index (χ3v) is 1.81. The van der Waals surface area contributed by atoms with E-state index in [0.717, 1.165) is 6.42 Å². The number of rotatable bonds is 5. The van der Waals surface area contributed by atoms with Crippen molar-refractivity contribution in [2.24, 2.45) is 0 Å². The monoisotopic (exact) mass is 246 g/mol. The standard InChI is InChI=1S/C11H22N2O4/c1-6-7-8(9(14)16-5)12-13-10(15)17-11(2,3)4/h8,12H,6-7H2,1-5H3,(H,13,15)/t8-/m1/s1. The molecule has 0 aromatic heterocycles. The number of esters is 1. The van der Waals surface area contributed by atoms with Crippen molar-refractivity contribution in [3.8, 4) is 0 Å².